The lowest BCUT2D eigenvalue weighted by molar-refractivity contribution is 0.0946. The van der Waals surface area contributed by atoms with Crippen LogP contribution in [-0.4, -0.2) is 21.7 Å². The summed E-state index contributed by atoms with van der Waals surface area (Å²) in [5.41, 5.74) is 2.95. The van der Waals surface area contributed by atoms with Crippen molar-refractivity contribution in [2.24, 2.45) is 5.92 Å². The molecule has 1 aliphatic rings. The van der Waals surface area contributed by atoms with E-state index in [-0.39, 0.29) is 17.4 Å². The third kappa shape index (κ3) is 4.25. The van der Waals surface area contributed by atoms with E-state index < -0.39 is 11.8 Å². The first-order valence-corrected chi connectivity index (χ1v) is 12.1. The van der Waals surface area contributed by atoms with Crippen molar-refractivity contribution >= 4 is 40.3 Å². The summed E-state index contributed by atoms with van der Waals surface area (Å²) in [7, 11) is 0. The van der Waals surface area contributed by atoms with Crippen molar-refractivity contribution in [3.8, 4) is 0 Å². The topological polar surface area (TPSA) is 64.4 Å². The van der Waals surface area contributed by atoms with Gasteiger partial charge in [-0.3, -0.25) is 15.1 Å². The summed E-state index contributed by atoms with van der Waals surface area (Å²) in [6, 6.07) is 37.1. The number of benzene rings is 4. The molecule has 1 fully saturated rings. The molecule has 4 aromatic carbocycles. The Hall–Kier alpha value is -4.35. The molecule has 0 amide bonds. The fraction of sp³-hybridized carbons (Fsp3) is 0.0645. The van der Waals surface area contributed by atoms with E-state index in [0.29, 0.717) is 27.4 Å². The number of rotatable bonds is 5. The van der Waals surface area contributed by atoms with Gasteiger partial charge < -0.3 is 5.11 Å². The average molecular weight is 489 g/mol. The zero-order valence-electron chi connectivity index (χ0n) is 19.4. The number of amidine groups is 1. The second-order valence-electron chi connectivity index (χ2n) is 8.58. The molecule has 0 aliphatic carbocycles. The van der Waals surface area contributed by atoms with Crippen LogP contribution in [-0.2, 0) is 0 Å². The highest BCUT2D eigenvalue weighted by atomic mass is 32.1. The van der Waals surface area contributed by atoms with Crippen molar-refractivity contribution in [2.75, 3.05) is 4.90 Å². The van der Waals surface area contributed by atoms with Crippen LogP contribution >= 0.6 is 12.2 Å². The SMILES string of the molecule is N=C1/C(=C(/O)c2ccccc2)[C@@H](c2ccccc2)[C@H](C(=O)c2ccccc2)C(=S)N1c1ccccc1. The fourth-order valence-electron chi connectivity index (χ4n) is 4.74. The van der Waals surface area contributed by atoms with Crippen LogP contribution in [0.25, 0.3) is 5.76 Å². The van der Waals surface area contributed by atoms with Gasteiger partial charge in [-0.1, -0.05) is 121 Å². The molecule has 0 bridgehead atoms. The molecule has 0 unspecified atom stereocenters. The summed E-state index contributed by atoms with van der Waals surface area (Å²) in [6.45, 7) is 0. The van der Waals surface area contributed by atoms with Crippen molar-refractivity contribution < 1.29 is 9.90 Å². The van der Waals surface area contributed by atoms with E-state index >= 15 is 0 Å². The van der Waals surface area contributed by atoms with Gasteiger partial charge in [0, 0.05) is 28.3 Å². The molecule has 1 saturated heterocycles. The normalized spacial score (nSPS) is 19.2. The number of para-hydroxylation sites is 1. The predicted molar refractivity (Wildman–Crippen MR) is 149 cm³/mol. The van der Waals surface area contributed by atoms with E-state index in [0.717, 1.165) is 5.56 Å². The third-order valence-electron chi connectivity index (χ3n) is 6.43. The summed E-state index contributed by atoms with van der Waals surface area (Å²) in [4.78, 5) is 16.0. The second kappa shape index (κ2) is 10.1. The number of aliphatic hydroxyl groups excluding tert-OH is 1. The number of carbonyl (C=O) groups is 1. The van der Waals surface area contributed by atoms with E-state index in [4.69, 9.17) is 12.2 Å². The van der Waals surface area contributed by atoms with Gasteiger partial charge in [0.25, 0.3) is 0 Å². The van der Waals surface area contributed by atoms with Gasteiger partial charge >= 0.3 is 0 Å². The molecule has 0 spiro atoms. The first kappa shape index (κ1) is 23.4. The van der Waals surface area contributed by atoms with E-state index in [1.54, 1.807) is 29.2 Å². The Morgan fingerprint density at radius 1 is 0.722 bits per heavy atom. The average Bonchev–Trinajstić information content (AvgIpc) is 2.94. The zero-order valence-corrected chi connectivity index (χ0v) is 20.2. The molecule has 5 rings (SSSR count). The Balaban J connectivity index is 1.79. The van der Waals surface area contributed by atoms with Gasteiger partial charge in [0.15, 0.2) is 5.78 Å². The lowest BCUT2D eigenvalue weighted by Gasteiger charge is -2.42. The third-order valence-corrected chi connectivity index (χ3v) is 6.86. The van der Waals surface area contributed by atoms with Gasteiger partial charge in [-0.15, -0.1) is 0 Å². The van der Waals surface area contributed by atoms with Crippen molar-refractivity contribution in [1.29, 1.82) is 5.41 Å². The maximum Gasteiger partial charge on any atom is 0.173 e. The molecule has 0 radical (unpaired) electrons. The van der Waals surface area contributed by atoms with E-state index in [1.807, 2.05) is 97.1 Å². The van der Waals surface area contributed by atoms with Crippen LogP contribution in [0.1, 0.15) is 27.4 Å². The number of carbonyl (C=O) groups excluding carboxylic acids is 1. The van der Waals surface area contributed by atoms with Crippen LogP contribution in [0.3, 0.4) is 0 Å². The number of thiocarbonyl (C=S) groups is 1. The van der Waals surface area contributed by atoms with Gasteiger partial charge in [-0.2, -0.15) is 0 Å². The van der Waals surface area contributed by atoms with Gasteiger partial charge in [0.1, 0.15) is 16.6 Å². The van der Waals surface area contributed by atoms with Crippen LogP contribution in [0.15, 0.2) is 127 Å². The van der Waals surface area contributed by atoms with Gasteiger partial charge in [-0.25, -0.2) is 0 Å². The van der Waals surface area contributed by atoms with Crippen LogP contribution in [0, 0.1) is 11.3 Å². The first-order valence-electron chi connectivity index (χ1n) is 11.7. The molecule has 4 nitrogen and oxygen atoms in total. The summed E-state index contributed by atoms with van der Waals surface area (Å²) in [5.74, 6) is -1.58. The monoisotopic (exact) mass is 488 g/mol. The summed E-state index contributed by atoms with van der Waals surface area (Å²) < 4.78 is 0. The van der Waals surface area contributed by atoms with E-state index in [1.165, 1.54) is 0 Å². The Morgan fingerprint density at radius 3 is 1.75 bits per heavy atom. The number of Topliss-reactive ketones (excluding diaryl/α,β-unsaturated/α-hetero) is 1. The molecular formula is C31H24N2O2S. The minimum atomic E-state index is -0.806. The minimum Gasteiger partial charge on any atom is -0.507 e. The fourth-order valence-corrected chi connectivity index (χ4v) is 5.18. The zero-order chi connectivity index (χ0) is 25.1. The Kier molecular flexibility index (Phi) is 6.56. The van der Waals surface area contributed by atoms with Crippen molar-refractivity contribution in [2.45, 2.75) is 5.92 Å². The Labute approximate surface area is 215 Å². The number of aliphatic hydroxyl groups is 1. The lowest BCUT2D eigenvalue weighted by atomic mass is 9.72. The van der Waals surface area contributed by atoms with Gasteiger partial charge in [0.2, 0.25) is 0 Å². The Bertz CT molecular complexity index is 1440. The predicted octanol–water partition coefficient (Wildman–Crippen LogP) is 7.06. The largest absolute Gasteiger partial charge is 0.507 e. The standard InChI is InChI=1S/C31H24N2O2S/c32-30-26(28(34)22-15-7-2-8-16-22)25(21-13-5-1-6-14-21)27(29(35)23-17-9-3-10-18-23)31(36)33(30)24-19-11-4-12-20-24/h1-20,25,27,32,34H/b28-26+,32-30?/t25-,27-/m1/s1. The molecular weight excluding hydrogens is 464 g/mol. The first-order chi connectivity index (χ1) is 17.6. The van der Waals surface area contributed by atoms with E-state index in [9.17, 15) is 15.3 Å². The van der Waals surface area contributed by atoms with Crippen molar-refractivity contribution in [1.82, 2.24) is 0 Å². The van der Waals surface area contributed by atoms with Crippen LogP contribution < -0.4 is 4.90 Å². The molecule has 1 aliphatic heterocycles. The highest BCUT2D eigenvalue weighted by Crippen LogP contribution is 2.44. The molecule has 1 heterocycles. The Morgan fingerprint density at radius 2 is 1.19 bits per heavy atom. The molecule has 5 heteroatoms. The minimum absolute atomic E-state index is 0.0382. The number of ketones is 1. The summed E-state index contributed by atoms with van der Waals surface area (Å²) in [6.07, 6.45) is 0. The number of nitrogens with zero attached hydrogens (tertiary/aromatic N) is 1. The van der Waals surface area contributed by atoms with Crippen LogP contribution in [0.5, 0.6) is 0 Å². The van der Waals surface area contributed by atoms with Crippen molar-refractivity contribution in [3.05, 3.63) is 144 Å². The van der Waals surface area contributed by atoms with Crippen LogP contribution in [0.4, 0.5) is 5.69 Å². The molecule has 2 N–H and O–H groups in total. The van der Waals surface area contributed by atoms with Crippen LogP contribution in [0.2, 0.25) is 0 Å². The van der Waals surface area contributed by atoms with Gasteiger partial charge in [-0.05, 0) is 17.7 Å². The summed E-state index contributed by atoms with van der Waals surface area (Å²) in [5, 5.41) is 20.9. The lowest BCUT2D eigenvalue weighted by Crippen LogP contribution is -2.51. The maximum absolute atomic E-state index is 14.1. The molecule has 0 aromatic heterocycles. The number of hydrogen-bond acceptors (Lipinski definition) is 4. The quantitative estimate of drug-likeness (QED) is 0.179. The number of anilines is 1. The molecule has 2 atom stereocenters. The van der Waals surface area contributed by atoms with Gasteiger partial charge in [0.05, 0.1) is 5.92 Å². The molecule has 4 aromatic rings. The smallest absolute Gasteiger partial charge is 0.173 e. The maximum atomic E-state index is 14.1. The highest BCUT2D eigenvalue weighted by molar-refractivity contribution is 7.80. The molecule has 0 saturated carbocycles. The number of hydrogen-bond donors (Lipinski definition) is 2. The number of nitrogens with one attached hydrogen (secondary N) is 1. The van der Waals surface area contributed by atoms with Crippen molar-refractivity contribution in [3.63, 3.8) is 0 Å². The van der Waals surface area contributed by atoms with E-state index in [2.05, 4.69) is 0 Å². The number of piperidine rings is 1. The summed E-state index contributed by atoms with van der Waals surface area (Å²) >= 11 is 5.98. The highest BCUT2D eigenvalue weighted by Gasteiger charge is 2.47. The molecule has 36 heavy (non-hydrogen) atoms. The second-order valence-corrected chi connectivity index (χ2v) is 9.00. The molecule has 176 valence electrons.